The van der Waals surface area contributed by atoms with Gasteiger partial charge in [-0.05, 0) is 37.1 Å². The Morgan fingerprint density at radius 2 is 1.95 bits per heavy atom. The number of piperidine rings is 1. The topological polar surface area (TPSA) is 75.7 Å². The second kappa shape index (κ2) is 5.31. The molecule has 1 aromatic rings. The van der Waals surface area contributed by atoms with Crippen molar-refractivity contribution in [3.63, 3.8) is 0 Å². The summed E-state index contributed by atoms with van der Waals surface area (Å²) in [4.78, 5) is 11.7. The van der Waals surface area contributed by atoms with Gasteiger partial charge in [-0.25, -0.2) is 8.42 Å². The Kier molecular flexibility index (Phi) is 3.62. The van der Waals surface area contributed by atoms with E-state index >= 15 is 0 Å². The minimum Gasteiger partial charge on any atom is -0.497 e. The lowest BCUT2D eigenvalue weighted by molar-refractivity contribution is -0.123. The number of methoxy groups -OCH3 is 1. The number of carbonyl (C=O) groups is 1. The minimum absolute atomic E-state index is 0.0138. The maximum absolute atomic E-state index is 12.7. The van der Waals surface area contributed by atoms with Crippen molar-refractivity contribution in [3.05, 3.63) is 24.3 Å². The molecule has 2 saturated heterocycles. The Balaban J connectivity index is 1.86. The van der Waals surface area contributed by atoms with Crippen LogP contribution in [0.2, 0.25) is 0 Å². The van der Waals surface area contributed by atoms with Crippen molar-refractivity contribution in [1.29, 1.82) is 0 Å². The van der Waals surface area contributed by atoms with Crippen LogP contribution in [0.3, 0.4) is 0 Å². The van der Waals surface area contributed by atoms with Crippen molar-refractivity contribution in [2.75, 3.05) is 13.7 Å². The zero-order valence-electron chi connectivity index (χ0n) is 11.8. The van der Waals surface area contributed by atoms with E-state index in [-0.39, 0.29) is 22.9 Å². The monoisotopic (exact) mass is 310 g/mol. The van der Waals surface area contributed by atoms with E-state index in [1.165, 1.54) is 4.31 Å². The standard InChI is InChI=1S/C14H18N2O4S/c1-20-10-2-4-11(5-3-10)21(18,19)16-9-8-12-13(16)6-7-14(17)15-12/h2-5,12-13H,6-9H2,1H3,(H,15,17)/t12-,13-/m0/s1. The molecule has 7 heteroatoms. The van der Waals surface area contributed by atoms with Crippen molar-refractivity contribution in [3.8, 4) is 5.75 Å². The molecule has 114 valence electrons. The van der Waals surface area contributed by atoms with Crippen molar-refractivity contribution < 1.29 is 17.9 Å². The van der Waals surface area contributed by atoms with Gasteiger partial charge < -0.3 is 10.1 Å². The van der Waals surface area contributed by atoms with Gasteiger partial charge in [0, 0.05) is 25.0 Å². The van der Waals surface area contributed by atoms with E-state index in [1.54, 1.807) is 31.4 Å². The molecule has 0 saturated carbocycles. The van der Waals surface area contributed by atoms with Crippen molar-refractivity contribution in [1.82, 2.24) is 9.62 Å². The Labute approximate surface area is 124 Å². The molecule has 2 aliphatic rings. The normalized spacial score (nSPS) is 26.2. The highest BCUT2D eigenvalue weighted by Gasteiger charge is 2.44. The van der Waals surface area contributed by atoms with Gasteiger partial charge in [-0.2, -0.15) is 4.31 Å². The van der Waals surface area contributed by atoms with Crippen LogP contribution in [-0.2, 0) is 14.8 Å². The zero-order chi connectivity index (χ0) is 15.0. The van der Waals surface area contributed by atoms with Crippen molar-refractivity contribution in [2.45, 2.75) is 36.2 Å². The van der Waals surface area contributed by atoms with Crippen LogP contribution in [0.15, 0.2) is 29.2 Å². The summed E-state index contributed by atoms with van der Waals surface area (Å²) in [5.74, 6) is 0.637. The first kappa shape index (κ1) is 14.3. The number of carbonyl (C=O) groups excluding carboxylic acids is 1. The largest absolute Gasteiger partial charge is 0.497 e. The smallest absolute Gasteiger partial charge is 0.243 e. The van der Waals surface area contributed by atoms with Crippen LogP contribution in [0.4, 0.5) is 0 Å². The van der Waals surface area contributed by atoms with Gasteiger partial charge in [-0.1, -0.05) is 0 Å². The van der Waals surface area contributed by atoms with Gasteiger partial charge >= 0.3 is 0 Å². The molecule has 0 bridgehead atoms. The van der Waals surface area contributed by atoms with Crippen LogP contribution < -0.4 is 10.1 Å². The molecule has 1 N–H and O–H groups in total. The predicted molar refractivity (Wildman–Crippen MR) is 76.5 cm³/mol. The molecule has 0 spiro atoms. The summed E-state index contributed by atoms with van der Waals surface area (Å²) in [5.41, 5.74) is 0. The fourth-order valence-corrected chi connectivity index (χ4v) is 4.78. The molecule has 1 amide bonds. The Bertz CT molecular complexity index is 641. The summed E-state index contributed by atoms with van der Waals surface area (Å²) in [6.45, 7) is 0.448. The van der Waals surface area contributed by atoms with Gasteiger partial charge in [-0.15, -0.1) is 0 Å². The molecular weight excluding hydrogens is 292 g/mol. The Hall–Kier alpha value is -1.60. The van der Waals surface area contributed by atoms with Crippen LogP contribution in [0.5, 0.6) is 5.75 Å². The van der Waals surface area contributed by atoms with Crippen molar-refractivity contribution >= 4 is 15.9 Å². The zero-order valence-corrected chi connectivity index (χ0v) is 12.6. The van der Waals surface area contributed by atoms with E-state index < -0.39 is 10.0 Å². The van der Waals surface area contributed by atoms with Gasteiger partial charge in [0.2, 0.25) is 15.9 Å². The maximum Gasteiger partial charge on any atom is 0.243 e. The van der Waals surface area contributed by atoms with Gasteiger partial charge in [0.05, 0.1) is 12.0 Å². The van der Waals surface area contributed by atoms with E-state index in [0.717, 1.165) is 0 Å². The molecule has 2 fully saturated rings. The van der Waals surface area contributed by atoms with E-state index in [2.05, 4.69) is 5.32 Å². The number of amides is 1. The number of rotatable bonds is 3. The second-order valence-corrected chi connectivity index (χ2v) is 7.25. The van der Waals surface area contributed by atoms with Crippen LogP contribution in [0.25, 0.3) is 0 Å². The molecule has 21 heavy (non-hydrogen) atoms. The van der Waals surface area contributed by atoms with E-state index in [1.807, 2.05) is 0 Å². The number of benzene rings is 1. The van der Waals surface area contributed by atoms with Gasteiger partial charge in [0.1, 0.15) is 5.75 Å². The first-order chi connectivity index (χ1) is 10.0. The van der Waals surface area contributed by atoms with E-state index in [9.17, 15) is 13.2 Å². The molecule has 2 atom stereocenters. The number of hydrogen-bond donors (Lipinski definition) is 1. The third kappa shape index (κ3) is 2.51. The lowest BCUT2D eigenvalue weighted by Gasteiger charge is -2.31. The highest BCUT2D eigenvalue weighted by molar-refractivity contribution is 7.89. The third-order valence-corrected chi connectivity index (χ3v) is 6.11. The number of hydrogen-bond acceptors (Lipinski definition) is 4. The average molecular weight is 310 g/mol. The first-order valence-electron chi connectivity index (χ1n) is 6.97. The third-order valence-electron chi connectivity index (χ3n) is 4.17. The molecule has 0 radical (unpaired) electrons. The first-order valence-corrected chi connectivity index (χ1v) is 8.41. The summed E-state index contributed by atoms with van der Waals surface area (Å²) in [6, 6.07) is 6.21. The maximum atomic E-state index is 12.7. The average Bonchev–Trinajstić information content (AvgIpc) is 2.91. The number of fused-ring (bicyclic) bond motifs is 1. The molecule has 0 aromatic heterocycles. The Morgan fingerprint density at radius 1 is 1.24 bits per heavy atom. The molecule has 2 heterocycles. The lowest BCUT2D eigenvalue weighted by Crippen LogP contribution is -2.50. The van der Waals surface area contributed by atoms with E-state index in [4.69, 9.17) is 4.74 Å². The van der Waals surface area contributed by atoms with Crippen LogP contribution in [-0.4, -0.2) is 44.4 Å². The quantitative estimate of drug-likeness (QED) is 0.893. The molecule has 2 aliphatic heterocycles. The molecule has 0 unspecified atom stereocenters. The molecule has 3 rings (SSSR count). The fraction of sp³-hybridized carbons (Fsp3) is 0.500. The highest BCUT2D eigenvalue weighted by atomic mass is 32.2. The molecule has 6 nitrogen and oxygen atoms in total. The molecule has 1 aromatic carbocycles. The summed E-state index contributed by atoms with van der Waals surface area (Å²) >= 11 is 0. The van der Waals surface area contributed by atoms with Crippen LogP contribution >= 0.6 is 0 Å². The summed E-state index contributed by atoms with van der Waals surface area (Å²) in [6.07, 6.45) is 1.65. The number of nitrogens with one attached hydrogen (secondary N) is 1. The summed E-state index contributed by atoms with van der Waals surface area (Å²) in [7, 11) is -1.98. The van der Waals surface area contributed by atoms with Gasteiger partial charge in [0.15, 0.2) is 0 Å². The van der Waals surface area contributed by atoms with Crippen molar-refractivity contribution in [2.24, 2.45) is 0 Å². The minimum atomic E-state index is -3.53. The number of sulfonamides is 1. The SMILES string of the molecule is COc1ccc(S(=O)(=O)N2CC[C@@H]3NC(=O)CC[C@@H]32)cc1. The highest BCUT2D eigenvalue weighted by Crippen LogP contribution is 2.31. The second-order valence-electron chi connectivity index (χ2n) is 5.36. The summed E-state index contributed by atoms with van der Waals surface area (Å²) in [5, 5.41) is 2.89. The van der Waals surface area contributed by atoms with Gasteiger partial charge in [0.25, 0.3) is 0 Å². The van der Waals surface area contributed by atoms with Crippen LogP contribution in [0.1, 0.15) is 19.3 Å². The van der Waals surface area contributed by atoms with E-state index in [0.29, 0.717) is 31.6 Å². The number of ether oxygens (including phenoxy) is 1. The predicted octanol–water partition coefficient (Wildman–Crippen LogP) is 0.737. The molecule has 0 aliphatic carbocycles. The van der Waals surface area contributed by atoms with Gasteiger partial charge in [-0.3, -0.25) is 4.79 Å². The Morgan fingerprint density at radius 3 is 2.62 bits per heavy atom. The number of nitrogens with zero attached hydrogens (tertiary/aromatic N) is 1. The lowest BCUT2D eigenvalue weighted by atomic mass is 10.00. The van der Waals surface area contributed by atoms with Crippen LogP contribution in [0, 0.1) is 0 Å². The summed E-state index contributed by atoms with van der Waals surface area (Å²) < 4.78 is 32.1. The fourth-order valence-electron chi connectivity index (χ4n) is 3.08. The molecular formula is C14H18N2O4S.